The quantitative estimate of drug-likeness (QED) is 0.858. The third-order valence-corrected chi connectivity index (χ3v) is 3.52. The monoisotopic (exact) mass is 247 g/mol. The van der Waals surface area contributed by atoms with Crippen LogP contribution < -0.4 is 5.32 Å². The number of rotatable bonds is 3. The molecule has 0 saturated carbocycles. The van der Waals surface area contributed by atoms with Gasteiger partial charge in [0.1, 0.15) is 10.9 Å². The van der Waals surface area contributed by atoms with E-state index in [4.69, 9.17) is 16.7 Å². The Balaban J connectivity index is 2.78. The fourth-order valence-corrected chi connectivity index (χ4v) is 2.09. The predicted molar refractivity (Wildman–Crippen MR) is 58.6 cm³/mol. The molecule has 1 amide bonds. The van der Waals surface area contributed by atoms with Gasteiger partial charge in [0, 0.05) is 0 Å². The zero-order valence-corrected chi connectivity index (χ0v) is 9.78. The first-order valence-electron chi connectivity index (χ1n) is 4.20. The van der Waals surface area contributed by atoms with E-state index in [0.29, 0.717) is 9.90 Å². The number of aryl methyl sites for hydroxylation is 1. The van der Waals surface area contributed by atoms with Gasteiger partial charge in [0.25, 0.3) is 5.91 Å². The summed E-state index contributed by atoms with van der Waals surface area (Å²) < 4.78 is 0. The van der Waals surface area contributed by atoms with E-state index in [1.54, 1.807) is 12.3 Å². The van der Waals surface area contributed by atoms with E-state index < -0.39 is 17.9 Å². The lowest BCUT2D eigenvalue weighted by molar-refractivity contribution is -0.138. The fourth-order valence-electron chi connectivity index (χ4n) is 0.907. The van der Waals surface area contributed by atoms with Crippen molar-refractivity contribution in [2.75, 3.05) is 0 Å². The lowest BCUT2D eigenvalue weighted by atomic mass is 10.3. The summed E-state index contributed by atoms with van der Waals surface area (Å²) in [6.45, 7) is 3.19. The third kappa shape index (κ3) is 2.70. The van der Waals surface area contributed by atoms with Crippen LogP contribution in [-0.4, -0.2) is 23.0 Å². The van der Waals surface area contributed by atoms with E-state index in [1.165, 1.54) is 18.3 Å². The molecule has 6 heteroatoms. The van der Waals surface area contributed by atoms with E-state index in [0.717, 1.165) is 5.56 Å². The standard InChI is InChI=1S/C9H10ClNO3S/c1-4-3-15-7(6(4)10)8(12)11-5(2)9(13)14/h3,5H,1-2H3,(H,11,12)(H,13,14)/t5-/m0/s1. The average Bonchev–Trinajstić information content (AvgIpc) is 2.47. The summed E-state index contributed by atoms with van der Waals surface area (Å²) >= 11 is 7.07. The van der Waals surface area contributed by atoms with Crippen LogP contribution in [0.4, 0.5) is 0 Å². The van der Waals surface area contributed by atoms with E-state index in [1.807, 2.05) is 0 Å². The van der Waals surface area contributed by atoms with Crippen molar-refractivity contribution in [2.45, 2.75) is 19.9 Å². The predicted octanol–water partition coefficient (Wildman–Crippen LogP) is 1.91. The fraction of sp³-hybridized carbons (Fsp3) is 0.333. The van der Waals surface area contributed by atoms with Gasteiger partial charge in [-0.25, -0.2) is 0 Å². The minimum Gasteiger partial charge on any atom is -0.480 e. The molecule has 0 bridgehead atoms. The number of carboxylic acid groups (broad SMARTS) is 1. The summed E-state index contributed by atoms with van der Waals surface area (Å²) in [5.41, 5.74) is 0.815. The highest BCUT2D eigenvalue weighted by molar-refractivity contribution is 7.13. The Morgan fingerprint density at radius 1 is 1.60 bits per heavy atom. The van der Waals surface area contributed by atoms with Crippen LogP contribution in [0.2, 0.25) is 5.02 Å². The molecule has 1 aromatic heterocycles. The van der Waals surface area contributed by atoms with Crippen molar-refractivity contribution in [2.24, 2.45) is 0 Å². The van der Waals surface area contributed by atoms with Crippen molar-refractivity contribution >= 4 is 34.8 Å². The summed E-state index contributed by atoms with van der Waals surface area (Å²) in [6.07, 6.45) is 0. The number of nitrogens with one attached hydrogen (secondary N) is 1. The summed E-state index contributed by atoms with van der Waals surface area (Å²) in [4.78, 5) is 22.4. The minimum absolute atomic E-state index is 0.349. The first-order chi connectivity index (χ1) is 6.93. The maximum absolute atomic E-state index is 11.5. The molecule has 0 aliphatic rings. The maximum Gasteiger partial charge on any atom is 0.325 e. The van der Waals surface area contributed by atoms with Gasteiger partial charge in [0.15, 0.2) is 0 Å². The molecule has 0 spiro atoms. The molecule has 1 rings (SSSR count). The Labute approximate surface area is 95.9 Å². The number of amides is 1. The second kappa shape index (κ2) is 4.63. The van der Waals surface area contributed by atoms with Crippen LogP contribution in [0.5, 0.6) is 0 Å². The number of hydrogen-bond acceptors (Lipinski definition) is 3. The van der Waals surface area contributed by atoms with Crippen LogP contribution in [0.1, 0.15) is 22.2 Å². The Bertz CT molecular complexity index is 402. The molecule has 0 unspecified atom stereocenters. The van der Waals surface area contributed by atoms with Gasteiger partial charge in [0.2, 0.25) is 0 Å². The summed E-state index contributed by atoms with van der Waals surface area (Å²) in [5, 5.41) is 13.1. The Morgan fingerprint density at radius 3 is 2.60 bits per heavy atom. The summed E-state index contributed by atoms with van der Waals surface area (Å²) in [6, 6.07) is -0.920. The summed E-state index contributed by atoms with van der Waals surface area (Å²) in [5.74, 6) is -1.53. The van der Waals surface area contributed by atoms with Crippen molar-refractivity contribution < 1.29 is 14.7 Å². The number of carboxylic acids is 1. The number of hydrogen-bond donors (Lipinski definition) is 2. The highest BCUT2D eigenvalue weighted by atomic mass is 35.5. The zero-order valence-electron chi connectivity index (χ0n) is 8.20. The van der Waals surface area contributed by atoms with Crippen molar-refractivity contribution in [1.29, 1.82) is 0 Å². The molecule has 4 nitrogen and oxygen atoms in total. The molecule has 0 aliphatic heterocycles. The number of thiophene rings is 1. The van der Waals surface area contributed by atoms with Crippen molar-refractivity contribution in [3.8, 4) is 0 Å². The Hall–Kier alpha value is -1.07. The van der Waals surface area contributed by atoms with E-state index in [2.05, 4.69) is 5.32 Å². The lowest BCUT2D eigenvalue weighted by Crippen LogP contribution is -2.38. The second-order valence-electron chi connectivity index (χ2n) is 3.10. The molecule has 0 radical (unpaired) electrons. The number of carbonyl (C=O) groups excluding carboxylic acids is 1. The van der Waals surface area contributed by atoms with Crippen molar-refractivity contribution in [3.05, 3.63) is 20.8 Å². The number of halogens is 1. The van der Waals surface area contributed by atoms with E-state index in [9.17, 15) is 9.59 Å². The van der Waals surface area contributed by atoms with Gasteiger partial charge in [-0.2, -0.15) is 0 Å². The molecule has 0 saturated heterocycles. The lowest BCUT2D eigenvalue weighted by Gasteiger charge is -2.07. The molecule has 0 aliphatic carbocycles. The largest absolute Gasteiger partial charge is 0.480 e. The molecule has 1 aromatic rings. The van der Waals surface area contributed by atoms with Gasteiger partial charge >= 0.3 is 5.97 Å². The molecule has 82 valence electrons. The molecule has 0 fully saturated rings. The van der Waals surface area contributed by atoms with Gasteiger partial charge in [-0.3, -0.25) is 9.59 Å². The van der Waals surface area contributed by atoms with Gasteiger partial charge in [-0.1, -0.05) is 11.6 Å². The van der Waals surface area contributed by atoms with Crippen LogP contribution in [-0.2, 0) is 4.79 Å². The molecular weight excluding hydrogens is 238 g/mol. The van der Waals surface area contributed by atoms with Gasteiger partial charge in [0.05, 0.1) is 5.02 Å². The minimum atomic E-state index is -1.08. The third-order valence-electron chi connectivity index (χ3n) is 1.82. The zero-order chi connectivity index (χ0) is 11.6. The van der Waals surface area contributed by atoms with Crippen molar-refractivity contribution in [1.82, 2.24) is 5.32 Å². The molecule has 2 N–H and O–H groups in total. The maximum atomic E-state index is 11.5. The van der Waals surface area contributed by atoms with Gasteiger partial charge < -0.3 is 10.4 Å². The summed E-state index contributed by atoms with van der Waals surface area (Å²) in [7, 11) is 0. The topological polar surface area (TPSA) is 66.4 Å². The van der Waals surface area contributed by atoms with Gasteiger partial charge in [-0.05, 0) is 24.8 Å². The Kier molecular flexibility index (Phi) is 3.71. The second-order valence-corrected chi connectivity index (χ2v) is 4.35. The van der Waals surface area contributed by atoms with Crippen LogP contribution in [0.25, 0.3) is 0 Å². The van der Waals surface area contributed by atoms with E-state index >= 15 is 0 Å². The van der Waals surface area contributed by atoms with Crippen LogP contribution in [0.3, 0.4) is 0 Å². The highest BCUT2D eigenvalue weighted by Crippen LogP contribution is 2.26. The molecular formula is C9H10ClNO3S. The SMILES string of the molecule is Cc1csc(C(=O)N[C@@H](C)C(=O)O)c1Cl. The average molecular weight is 248 g/mol. The molecule has 1 heterocycles. The number of carbonyl (C=O) groups is 2. The van der Waals surface area contributed by atoms with E-state index in [-0.39, 0.29) is 0 Å². The Morgan fingerprint density at radius 2 is 2.20 bits per heavy atom. The van der Waals surface area contributed by atoms with Crippen LogP contribution in [0, 0.1) is 6.92 Å². The number of aliphatic carboxylic acids is 1. The normalized spacial score (nSPS) is 12.2. The van der Waals surface area contributed by atoms with Crippen LogP contribution in [0.15, 0.2) is 5.38 Å². The highest BCUT2D eigenvalue weighted by Gasteiger charge is 2.19. The molecule has 0 aromatic carbocycles. The van der Waals surface area contributed by atoms with Gasteiger partial charge in [-0.15, -0.1) is 11.3 Å². The smallest absolute Gasteiger partial charge is 0.325 e. The molecule has 1 atom stereocenters. The first kappa shape index (κ1) is 12.0. The molecule has 15 heavy (non-hydrogen) atoms. The van der Waals surface area contributed by atoms with Crippen LogP contribution >= 0.6 is 22.9 Å². The van der Waals surface area contributed by atoms with Crippen molar-refractivity contribution in [3.63, 3.8) is 0 Å². The first-order valence-corrected chi connectivity index (χ1v) is 5.46.